The molecule has 0 saturated carbocycles. The molecule has 0 radical (unpaired) electrons. The highest BCUT2D eigenvalue weighted by molar-refractivity contribution is 7.05. The summed E-state index contributed by atoms with van der Waals surface area (Å²) in [5, 5.41) is 2.39. The molecule has 1 N–H and O–H groups in total. The second-order valence-corrected chi connectivity index (χ2v) is 4.86. The highest BCUT2D eigenvalue weighted by atomic mass is 32.1. The Hall–Kier alpha value is -1.89. The van der Waals surface area contributed by atoms with Gasteiger partial charge in [-0.1, -0.05) is 6.07 Å². The number of nitrogens with one attached hydrogen (secondary N) is 1. The Morgan fingerprint density at radius 1 is 1.32 bits per heavy atom. The number of hydrogen-bond acceptors (Lipinski definition) is 3. The second-order valence-electron chi connectivity index (χ2n) is 3.86. The first-order valence-electron chi connectivity index (χ1n) is 5.28. The predicted octanol–water partition coefficient (Wildman–Crippen LogP) is 3.72. The molecule has 1 aromatic heterocycles. The van der Waals surface area contributed by atoms with Gasteiger partial charge in [-0.3, -0.25) is 4.79 Å². The van der Waals surface area contributed by atoms with E-state index in [0.717, 1.165) is 28.5 Å². The maximum absolute atomic E-state index is 12.5. The molecule has 2 aromatic rings. The number of amides is 1. The molecule has 0 aliphatic rings. The van der Waals surface area contributed by atoms with Gasteiger partial charge in [-0.15, -0.1) is 0 Å². The van der Waals surface area contributed by atoms with Gasteiger partial charge in [0.1, 0.15) is 5.69 Å². The molecular formula is C12H9F3N2OS. The van der Waals surface area contributed by atoms with Gasteiger partial charge >= 0.3 is 6.18 Å². The third kappa shape index (κ3) is 3.31. The third-order valence-electron chi connectivity index (χ3n) is 2.31. The van der Waals surface area contributed by atoms with Crippen LogP contribution in [0.5, 0.6) is 0 Å². The summed E-state index contributed by atoms with van der Waals surface area (Å²) in [4.78, 5) is 12.6. The summed E-state index contributed by atoms with van der Waals surface area (Å²) in [5.74, 6) is -0.524. The Morgan fingerprint density at radius 2 is 2.05 bits per heavy atom. The van der Waals surface area contributed by atoms with Crippen molar-refractivity contribution < 1.29 is 18.0 Å². The smallest absolute Gasteiger partial charge is 0.321 e. The molecule has 0 fully saturated rings. The average Bonchev–Trinajstić information content (AvgIpc) is 2.75. The van der Waals surface area contributed by atoms with Gasteiger partial charge in [0.25, 0.3) is 5.91 Å². The van der Waals surface area contributed by atoms with Crippen LogP contribution in [0.2, 0.25) is 0 Å². The fraction of sp³-hybridized carbons (Fsp3) is 0.167. The lowest BCUT2D eigenvalue weighted by Crippen LogP contribution is -2.13. The van der Waals surface area contributed by atoms with Crippen LogP contribution in [0, 0.1) is 6.92 Å². The first kappa shape index (κ1) is 13.5. The zero-order valence-corrected chi connectivity index (χ0v) is 10.6. The summed E-state index contributed by atoms with van der Waals surface area (Å²) in [5.41, 5.74) is -0.523. The molecule has 2 rings (SSSR count). The lowest BCUT2D eigenvalue weighted by Gasteiger charge is -2.09. The fourth-order valence-electron chi connectivity index (χ4n) is 1.44. The first-order valence-corrected chi connectivity index (χ1v) is 6.05. The molecule has 3 nitrogen and oxygen atoms in total. The van der Waals surface area contributed by atoms with Crippen LogP contribution in [-0.2, 0) is 6.18 Å². The number of carbonyl (C=O) groups excluding carboxylic acids is 1. The Labute approximate surface area is 111 Å². The Morgan fingerprint density at radius 3 is 2.63 bits per heavy atom. The number of nitrogens with zero attached hydrogens (tertiary/aromatic N) is 1. The van der Waals surface area contributed by atoms with E-state index in [9.17, 15) is 18.0 Å². The van der Waals surface area contributed by atoms with E-state index in [0.29, 0.717) is 0 Å². The molecule has 0 bridgehead atoms. The Balaban J connectivity index is 2.18. The Bertz CT molecular complexity index is 607. The van der Waals surface area contributed by atoms with E-state index < -0.39 is 17.6 Å². The maximum atomic E-state index is 12.5. The molecule has 0 spiro atoms. The number of rotatable bonds is 2. The van der Waals surface area contributed by atoms with Crippen LogP contribution < -0.4 is 5.32 Å². The van der Waals surface area contributed by atoms with E-state index in [1.165, 1.54) is 12.1 Å². The summed E-state index contributed by atoms with van der Waals surface area (Å²) < 4.78 is 41.4. The monoisotopic (exact) mass is 286 g/mol. The van der Waals surface area contributed by atoms with E-state index in [4.69, 9.17) is 0 Å². The zero-order chi connectivity index (χ0) is 14.0. The topological polar surface area (TPSA) is 42.0 Å². The normalized spacial score (nSPS) is 11.4. The van der Waals surface area contributed by atoms with Gasteiger partial charge in [0.2, 0.25) is 0 Å². The Kier molecular flexibility index (Phi) is 3.57. The zero-order valence-electron chi connectivity index (χ0n) is 9.78. The predicted molar refractivity (Wildman–Crippen MR) is 66.2 cm³/mol. The van der Waals surface area contributed by atoms with Crippen LogP contribution in [0.1, 0.15) is 20.9 Å². The first-order chi connectivity index (χ1) is 8.86. The van der Waals surface area contributed by atoms with Crippen molar-refractivity contribution in [2.75, 3.05) is 5.32 Å². The van der Waals surface area contributed by atoms with Crippen LogP contribution in [0.4, 0.5) is 18.9 Å². The molecular weight excluding hydrogens is 277 g/mol. The van der Waals surface area contributed by atoms with Gasteiger partial charge in [-0.05, 0) is 42.7 Å². The van der Waals surface area contributed by atoms with E-state index in [-0.39, 0.29) is 11.4 Å². The van der Waals surface area contributed by atoms with Crippen molar-refractivity contribution >= 4 is 23.1 Å². The molecule has 100 valence electrons. The van der Waals surface area contributed by atoms with Crippen molar-refractivity contribution in [2.24, 2.45) is 0 Å². The fourth-order valence-corrected chi connectivity index (χ4v) is 1.98. The quantitative estimate of drug-likeness (QED) is 0.914. The largest absolute Gasteiger partial charge is 0.416 e. The number of halogens is 3. The minimum atomic E-state index is -4.43. The van der Waals surface area contributed by atoms with E-state index in [2.05, 4.69) is 9.69 Å². The number of carbonyl (C=O) groups is 1. The van der Waals surface area contributed by atoms with Gasteiger partial charge < -0.3 is 5.32 Å². The summed E-state index contributed by atoms with van der Waals surface area (Å²) in [6, 6.07) is 6.05. The summed E-state index contributed by atoms with van der Waals surface area (Å²) >= 11 is 1.16. The summed E-state index contributed by atoms with van der Waals surface area (Å²) in [7, 11) is 0. The molecule has 0 atom stereocenters. The number of anilines is 1. The number of benzene rings is 1. The molecule has 0 aliphatic heterocycles. The number of aromatic nitrogens is 1. The van der Waals surface area contributed by atoms with Crippen molar-refractivity contribution in [3.05, 3.63) is 46.5 Å². The van der Waals surface area contributed by atoms with Crippen LogP contribution in [0.25, 0.3) is 0 Å². The molecule has 0 aliphatic carbocycles. The van der Waals surface area contributed by atoms with Gasteiger partial charge in [0.15, 0.2) is 0 Å². The van der Waals surface area contributed by atoms with Gasteiger partial charge in [0.05, 0.1) is 5.56 Å². The van der Waals surface area contributed by atoms with Crippen molar-refractivity contribution in [1.29, 1.82) is 0 Å². The minimum Gasteiger partial charge on any atom is -0.321 e. The van der Waals surface area contributed by atoms with Gasteiger partial charge in [-0.25, -0.2) is 0 Å². The highest BCUT2D eigenvalue weighted by Gasteiger charge is 2.30. The number of alkyl halides is 3. The maximum Gasteiger partial charge on any atom is 0.416 e. The summed E-state index contributed by atoms with van der Waals surface area (Å²) in [6.07, 6.45) is -4.43. The molecule has 1 amide bonds. The summed E-state index contributed by atoms with van der Waals surface area (Å²) in [6.45, 7) is 1.79. The molecule has 0 unspecified atom stereocenters. The number of hydrogen-bond donors (Lipinski definition) is 1. The molecule has 1 heterocycles. The average molecular weight is 286 g/mol. The SMILES string of the molecule is Cc1cc(C(=O)Nc2cccc(C(F)(F)F)c2)ns1. The van der Waals surface area contributed by atoms with E-state index in [1.807, 2.05) is 0 Å². The minimum absolute atomic E-state index is 0.0884. The van der Waals surface area contributed by atoms with Crippen molar-refractivity contribution in [3.63, 3.8) is 0 Å². The van der Waals surface area contributed by atoms with Gasteiger partial charge in [-0.2, -0.15) is 17.5 Å². The van der Waals surface area contributed by atoms with Crippen LogP contribution in [0.15, 0.2) is 30.3 Å². The van der Waals surface area contributed by atoms with Crippen molar-refractivity contribution in [2.45, 2.75) is 13.1 Å². The molecule has 1 aromatic carbocycles. The number of aryl methyl sites for hydroxylation is 1. The van der Waals surface area contributed by atoms with Crippen LogP contribution >= 0.6 is 11.5 Å². The van der Waals surface area contributed by atoms with Crippen LogP contribution in [0.3, 0.4) is 0 Å². The molecule has 7 heteroatoms. The highest BCUT2D eigenvalue weighted by Crippen LogP contribution is 2.30. The second kappa shape index (κ2) is 5.00. The van der Waals surface area contributed by atoms with E-state index >= 15 is 0 Å². The van der Waals surface area contributed by atoms with Gasteiger partial charge in [0, 0.05) is 10.6 Å². The van der Waals surface area contributed by atoms with E-state index in [1.54, 1.807) is 13.0 Å². The van der Waals surface area contributed by atoms with Crippen molar-refractivity contribution in [1.82, 2.24) is 4.37 Å². The molecule has 19 heavy (non-hydrogen) atoms. The third-order valence-corrected chi connectivity index (χ3v) is 3.00. The van der Waals surface area contributed by atoms with Crippen LogP contribution in [-0.4, -0.2) is 10.3 Å². The standard InChI is InChI=1S/C12H9F3N2OS/c1-7-5-10(17-19-7)11(18)16-9-4-2-3-8(6-9)12(13,14)15/h2-6H,1H3,(H,16,18). The lowest BCUT2D eigenvalue weighted by molar-refractivity contribution is -0.137. The molecule has 0 saturated heterocycles. The lowest BCUT2D eigenvalue weighted by atomic mass is 10.2. The van der Waals surface area contributed by atoms with Crippen molar-refractivity contribution in [3.8, 4) is 0 Å².